The van der Waals surface area contributed by atoms with E-state index in [0.29, 0.717) is 12.2 Å². The zero-order chi connectivity index (χ0) is 14.4. The maximum atomic E-state index is 13.9. The highest BCUT2D eigenvalue weighted by molar-refractivity contribution is 7.85. The van der Waals surface area contributed by atoms with E-state index in [2.05, 4.69) is 0 Å². The van der Waals surface area contributed by atoms with E-state index in [1.807, 2.05) is 0 Å². The zero-order valence-corrected chi connectivity index (χ0v) is 11.8. The Hall–Kier alpha value is -1.47. The molecule has 2 atom stereocenters. The summed E-state index contributed by atoms with van der Waals surface area (Å²) in [5.41, 5.74) is -0.121. The molecule has 0 radical (unpaired) electrons. The second-order valence-electron chi connectivity index (χ2n) is 4.60. The average Bonchev–Trinajstić information content (AvgIpc) is 2.63. The van der Waals surface area contributed by atoms with E-state index in [1.165, 1.54) is 17.0 Å². The lowest BCUT2D eigenvalue weighted by Crippen LogP contribution is -2.43. The number of imide groups is 1. The predicted molar refractivity (Wildman–Crippen MR) is 72.4 cm³/mol. The van der Waals surface area contributed by atoms with Crippen LogP contribution in [0.4, 0.5) is 14.9 Å². The summed E-state index contributed by atoms with van der Waals surface area (Å²) in [5, 5.41) is 0.184. The highest BCUT2D eigenvalue weighted by Gasteiger charge is 2.48. The van der Waals surface area contributed by atoms with Gasteiger partial charge in [0.25, 0.3) is 5.91 Å². The minimum absolute atomic E-state index is 0.0148. The number of fused-ring (bicyclic) bond motifs is 1. The molecule has 2 fully saturated rings. The summed E-state index contributed by atoms with van der Waals surface area (Å²) in [7, 11) is -1.16. The number of rotatable bonds is 1. The Balaban J connectivity index is 2.00. The zero-order valence-electron chi connectivity index (χ0n) is 10.2. The lowest BCUT2D eigenvalue weighted by molar-refractivity contribution is -0.119. The van der Waals surface area contributed by atoms with Crippen LogP contribution in [0.5, 0.6) is 0 Å². The van der Waals surface area contributed by atoms with Crippen LogP contribution in [0.3, 0.4) is 0 Å². The van der Waals surface area contributed by atoms with Crippen molar-refractivity contribution in [3.63, 3.8) is 0 Å². The van der Waals surface area contributed by atoms with Gasteiger partial charge in [0.05, 0.1) is 11.6 Å². The number of carbonyl (C=O) groups is 2. The molecule has 2 aliphatic rings. The molecular weight excluding hydrogens is 307 g/mol. The van der Waals surface area contributed by atoms with Gasteiger partial charge in [0.2, 0.25) is 0 Å². The van der Waals surface area contributed by atoms with Crippen LogP contribution in [0.2, 0.25) is 5.02 Å². The third-order valence-corrected chi connectivity index (χ3v) is 4.86. The van der Waals surface area contributed by atoms with Crippen molar-refractivity contribution in [3.8, 4) is 0 Å². The lowest BCUT2D eigenvalue weighted by Gasteiger charge is -2.25. The topological polar surface area (TPSA) is 57.7 Å². The van der Waals surface area contributed by atoms with Crippen LogP contribution in [0.1, 0.15) is 6.42 Å². The van der Waals surface area contributed by atoms with Crippen molar-refractivity contribution in [1.82, 2.24) is 4.90 Å². The van der Waals surface area contributed by atoms with Gasteiger partial charge in [-0.25, -0.2) is 14.1 Å². The molecule has 2 saturated heterocycles. The molecule has 8 heteroatoms. The molecule has 0 saturated carbocycles. The third kappa shape index (κ3) is 2.01. The fraction of sp³-hybridized carbons (Fsp3) is 0.333. The lowest BCUT2D eigenvalue weighted by atomic mass is 10.2. The number of hydrogen-bond donors (Lipinski definition) is 0. The average molecular weight is 317 g/mol. The summed E-state index contributed by atoms with van der Waals surface area (Å²) in [5.74, 6) is -0.828. The van der Waals surface area contributed by atoms with Crippen molar-refractivity contribution in [2.75, 3.05) is 16.5 Å². The molecular formula is C12H10ClFN2O3S. The van der Waals surface area contributed by atoms with Crippen molar-refractivity contribution in [2.24, 2.45) is 0 Å². The van der Waals surface area contributed by atoms with Crippen molar-refractivity contribution in [2.45, 2.75) is 12.5 Å². The second kappa shape index (κ2) is 4.82. The minimum atomic E-state index is -1.16. The summed E-state index contributed by atoms with van der Waals surface area (Å²) in [6.07, 6.45) is 0.336. The first kappa shape index (κ1) is 13.5. The largest absolute Gasteiger partial charge is 0.332 e. The van der Waals surface area contributed by atoms with Gasteiger partial charge in [-0.2, -0.15) is 0 Å². The Bertz CT molecular complexity index is 639. The van der Waals surface area contributed by atoms with Gasteiger partial charge in [-0.15, -0.1) is 0 Å². The number of carbonyl (C=O) groups excluding carboxylic acids is 2. The van der Waals surface area contributed by atoms with Gasteiger partial charge in [0, 0.05) is 21.6 Å². The molecule has 1 aromatic rings. The summed E-state index contributed by atoms with van der Waals surface area (Å²) >= 11 is 5.66. The van der Waals surface area contributed by atoms with Crippen LogP contribution < -0.4 is 4.90 Å². The molecule has 5 nitrogen and oxygen atoms in total. The molecule has 106 valence electrons. The first-order chi connectivity index (χ1) is 9.49. The summed E-state index contributed by atoms with van der Waals surface area (Å²) in [6, 6.07) is 2.48. The number of anilines is 1. The van der Waals surface area contributed by atoms with Crippen LogP contribution in [-0.2, 0) is 15.6 Å². The van der Waals surface area contributed by atoms with Gasteiger partial charge in [0.15, 0.2) is 0 Å². The number of halogens is 2. The number of benzene rings is 1. The van der Waals surface area contributed by atoms with Crippen molar-refractivity contribution in [1.29, 1.82) is 0 Å². The molecule has 0 aliphatic carbocycles. The van der Waals surface area contributed by atoms with Gasteiger partial charge in [-0.3, -0.25) is 9.00 Å². The van der Waals surface area contributed by atoms with E-state index in [0.717, 1.165) is 11.0 Å². The molecule has 0 aromatic heterocycles. The van der Waals surface area contributed by atoms with Crippen LogP contribution >= 0.6 is 11.6 Å². The van der Waals surface area contributed by atoms with Gasteiger partial charge in [0.1, 0.15) is 11.9 Å². The molecule has 2 heterocycles. The van der Waals surface area contributed by atoms with Crippen LogP contribution in [-0.4, -0.2) is 38.7 Å². The molecule has 2 unspecified atom stereocenters. The van der Waals surface area contributed by atoms with E-state index >= 15 is 0 Å². The van der Waals surface area contributed by atoms with E-state index < -0.39 is 34.6 Å². The van der Waals surface area contributed by atoms with E-state index in [9.17, 15) is 18.2 Å². The summed E-state index contributed by atoms with van der Waals surface area (Å²) in [4.78, 5) is 26.5. The van der Waals surface area contributed by atoms with Crippen molar-refractivity contribution < 1.29 is 18.2 Å². The fourth-order valence-corrected chi connectivity index (χ4v) is 3.78. The number of urea groups is 1. The van der Waals surface area contributed by atoms with Crippen LogP contribution in [0, 0.1) is 5.82 Å². The Morgan fingerprint density at radius 1 is 1.35 bits per heavy atom. The highest BCUT2D eigenvalue weighted by Crippen LogP contribution is 2.31. The maximum absolute atomic E-state index is 13.9. The molecule has 3 rings (SSSR count). The molecule has 20 heavy (non-hydrogen) atoms. The molecule has 0 spiro atoms. The first-order valence-corrected chi connectivity index (χ1v) is 7.80. The van der Waals surface area contributed by atoms with Gasteiger partial charge < -0.3 is 4.90 Å². The molecule has 0 N–H and O–H groups in total. The van der Waals surface area contributed by atoms with Crippen LogP contribution in [0.15, 0.2) is 18.2 Å². The number of hydrogen-bond acceptors (Lipinski definition) is 3. The SMILES string of the molecule is O=C1C2CCS(=O)CN2C(=O)N1c1ccc(Cl)cc1F. The van der Waals surface area contributed by atoms with Crippen molar-refractivity contribution >= 4 is 40.0 Å². The van der Waals surface area contributed by atoms with Crippen LogP contribution in [0.25, 0.3) is 0 Å². The van der Waals surface area contributed by atoms with E-state index in [1.54, 1.807) is 0 Å². The van der Waals surface area contributed by atoms with Crippen molar-refractivity contribution in [3.05, 3.63) is 29.0 Å². The van der Waals surface area contributed by atoms with Gasteiger partial charge in [-0.05, 0) is 24.6 Å². The number of amides is 3. The summed E-state index contributed by atoms with van der Waals surface area (Å²) < 4.78 is 25.4. The van der Waals surface area contributed by atoms with E-state index in [-0.39, 0.29) is 16.6 Å². The van der Waals surface area contributed by atoms with E-state index in [4.69, 9.17) is 11.6 Å². The Kier molecular flexibility index (Phi) is 3.25. The maximum Gasteiger partial charge on any atom is 0.332 e. The van der Waals surface area contributed by atoms with Gasteiger partial charge in [-0.1, -0.05) is 11.6 Å². The smallest absolute Gasteiger partial charge is 0.300 e. The normalized spacial score (nSPS) is 26.1. The highest BCUT2D eigenvalue weighted by atomic mass is 35.5. The third-order valence-electron chi connectivity index (χ3n) is 3.37. The number of nitrogens with zero attached hydrogens (tertiary/aromatic N) is 2. The second-order valence-corrected chi connectivity index (χ2v) is 6.58. The first-order valence-electron chi connectivity index (χ1n) is 5.93. The Labute approximate surface area is 121 Å². The monoisotopic (exact) mass is 316 g/mol. The molecule has 3 amide bonds. The summed E-state index contributed by atoms with van der Waals surface area (Å²) in [6.45, 7) is 0. The fourth-order valence-electron chi connectivity index (χ4n) is 2.41. The standard InChI is InChI=1S/C12H10ClFN2O3S/c13-7-1-2-9(8(14)5-7)16-11(17)10-3-4-20(19)6-15(10)12(16)18/h1-2,5,10H,3-4,6H2. The molecule has 2 aliphatic heterocycles. The molecule has 1 aromatic carbocycles. The van der Waals surface area contributed by atoms with Gasteiger partial charge >= 0.3 is 6.03 Å². The minimum Gasteiger partial charge on any atom is -0.300 e. The quantitative estimate of drug-likeness (QED) is 0.741. The Morgan fingerprint density at radius 3 is 2.80 bits per heavy atom. The molecule has 0 bridgehead atoms. The Morgan fingerprint density at radius 2 is 2.10 bits per heavy atom. The predicted octanol–water partition coefficient (Wildman–Crippen LogP) is 1.73.